The maximum absolute atomic E-state index is 5.95. The number of ether oxygens (including phenoxy) is 1. The normalized spacial score (nSPS) is 18.5. The number of rotatable bonds is 8. The molecule has 1 heterocycles. The second-order valence-corrected chi connectivity index (χ2v) is 6.13. The highest BCUT2D eigenvalue weighted by molar-refractivity contribution is 5.59. The highest BCUT2D eigenvalue weighted by Gasteiger charge is 2.17. The summed E-state index contributed by atoms with van der Waals surface area (Å²) in [5.74, 6) is 1.00. The molecular weight excluding hydrogens is 260 g/mol. The third-order valence-electron chi connectivity index (χ3n) is 4.13. The Balaban J connectivity index is 1.84. The van der Waals surface area contributed by atoms with Crippen molar-refractivity contribution in [2.45, 2.75) is 65.0 Å². The van der Waals surface area contributed by atoms with Crippen molar-refractivity contribution in [1.29, 1.82) is 0 Å². The molecule has 2 N–H and O–H groups in total. The number of nitrogens with one attached hydrogen (secondary N) is 2. The van der Waals surface area contributed by atoms with Crippen molar-refractivity contribution in [1.82, 2.24) is 5.32 Å². The van der Waals surface area contributed by atoms with E-state index in [4.69, 9.17) is 4.74 Å². The molecule has 0 fully saturated rings. The number of hydrogen-bond acceptors (Lipinski definition) is 3. The van der Waals surface area contributed by atoms with Crippen LogP contribution in [0.4, 0.5) is 5.69 Å². The summed E-state index contributed by atoms with van der Waals surface area (Å²) in [4.78, 5) is 0. The van der Waals surface area contributed by atoms with Crippen molar-refractivity contribution in [2.24, 2.45) is 0 Å². The van der Waals surface area contributed by atoms with E-state index in [0.717, 1.165) is 37.4 Å². The summed E-state index contributed by atoms with van der Waals surface area (Å²) < 4.78 is 5.95. The van der Waals surface area contributed by atoms with Crippen LogP contribution in [0.2, 0.25) is 0 Å². The van der Waals surface area contributed by atoms with Crippen molar-refractivity contribution < 1.29 is 4.74 Å². The first-order valence-electron chi connectivity index (χ1n) is 8.49. The van der Waals surface area contributed by atoms with Crippen LogP contribution in [0.15, 0.2) is 18.2 Å². The smallest absolute Gasteiger partial charge is 0.142 e. The first-order valence-corrected chi connectivity index (χ1v) is 8.49. The molecule has 0 aliphatic carbocycles. The minimum absolute atomic E-state index is 0.308. The van der Waals surface area contributed by atoms with Gasteiger partial charge in [-0.15, -0.1) is 0 Å². The average molecular weight is 290 g/mol. The predicted molar refractivity (Wildman–Crippen MR) is 90.3 cm³/mol. The molecule has 3 heteroatoms. The molecule has 1 aromatic carbocycles. The van der Waals surface area contributed by atoms with Crippen molar-refractivity contribution in [3.05, 3.63) is 23.8 Å². The molecule has 0 bridgehead atoms. The fourth-order valence-electron chi connectivity index (χ4n) is 2.77. The molecule has 118 valence electrons. The number of hydrogen-bond donors (Lipinski definition) is 2. The van der Waals surface area contributed by atoms with Crippen molar-refractivity contribution in [3.8, 4) is 5.75 Å². The lowest BCUT2D eigenvalue weighted by molar-refractivity contribution is 0.202. The van der Waals surface area contributed by atoms with Crippen molar-refractivity contribution in [2.75, 3.05) is 18.4 Å². The third kappa shape index (κ3) is 4.92. The van der Waals surface area contributed by atoms with E-state index >= 15 is 0 Å². The lowest BCUT2D eigenvalue weighted by Crippen LogP contribution is -2.30. The maximum Gasteiger partial charge on any atom is 0.142 e. The molecule has 0 saturated carbocycles. The van der Waals surface area contributed by atoms with Crippen LogP contribution in [-0.4, -0.2) is 25.2 Å². The van der Waals surface area contributed by atoms with Gasteiger partial charge in [0.15, 0.2) is 0 Å². The zero-order valence-electron chi connectivity index (χ0n) is 13.7. The molecule has 0 saturated heterocycles. The molecule has 0 spiro atoms. The highest BCUT2D eigenvalue weighted by Crippen LogP contribution is 2.30. The molecule has 1 aromatic rings. The first kappa shape index (κ1) is 16.2. The summed E-state index contributed by atoms with van der Waals surface area (Å²) in [7, 11) is 0. The standard InChI is InChI=1S/C18H30N2O/c1-4-6-7-10-19-14(3)11-15-8-9-18-17(12-15)20-13-16(5-2)21-18/h8-9,12,14,16,19-20H,4-7,10-11,13H2,1-3H3. The van der Waals surface area contributed by atoms with Gasteiger partial charge in [-0.1, -0.05) is 32.8 Å². The summed E-state index contributed by atoms with van der Waals surface area (Å²) in [5, 5.41) is 7.10. The van der Waals surface area contributed by atoms with E-state index < -0.39 is 0 Å². The van der Waals surface area contributed by atoms with Crippen LogP contribution >= 0.6 is 0 Å². The van der Waals surface area contributed by atoms with Gasteiger partial charge in [-0.2, -0.15) is 0 Å². The van der Waals surface area contributed by atoms with Gasteiger partial charge in [0.2, 0.25) is 0 Å². The maximum atomic E-state index is 5.95. The van der Waals surface area contributed by atoms with Gasteiger partial charge >= 0.3 is 0 Å². The predicted octanol–water partition coefficient (Wildman–Crippen LogP) is 3.98. The van der Waals surface area contributed by atoms with Gasteiger partial charge in [0, 0.05) is 6.04 Å². The van der Waals surface area contributed by atoms with Crippen LogP contribution in [0, 0.1) is 0 Å². The minimum Gasteiger partial charge on any atom is -0.486 e. The van der Waals surface area contributed by atoms with Gasteiger partial charge in [0.1, 0.15) is 11.9 Å². The summed E-state index contributed by atoms with van der Waals surface area (Å²) in [6.45, 7) is 8.71. The Morgan fingerprint density at radius 3 is 2.95 bits per heavy atom. The van der Waals surface area contributed by atoms with Gasteiger partial charge in [-0.05, 0) is 50.4 Å². The van der Waals surface area contributed by atoms with Gasteiger partial charge < -0.3 is 15.4 Å². The molecule has 21 heavy (non-hydrogen) atoms. The second-order valence-electron chi connectivity index (χ2n) is 6.13. The molecule has 0 amide bonds. The number of benzene rings is 1. The topological polar surface area (TPSA) is 33.3 Å². The van der Waals surface area contributed by atoms with Gasteiger partial charge in [0.25, 0.3) is 0 Å². The Kier molecular flexibility index (Phi) is 6.37. The Bertz CT molecular complexity index is 433. The van der Waals surface area contributed by atoms with Crippen LogP contribution in [0.1, 0.15) is 52.0 Å². The molecular formula is C18H30N2O. The quantitative estimate of drug-likeness (QED) is 0.711. The van der Waals surface area contributed by atoms with Crippen LogP contribution in [0.25, 0.3) is 0 Å². The molecule has 0 radical (unpaired) electrons. The molecule has 1 aliphatic rings. The van der Waals surface area contributed by atoms with E-state index in [1.165, 1.54) is 24.8 Å². The highest BCUT2D eigenvalue weighted by atomic mass is 16.5. The third-order valence-corrected chi connectivity index (χ3v) is 4.13. The summed E-state index contributed by atoms with van der Waals surface area (Å²) in [6, 6.07) is 7.07. The van der Waals surface area contributed by atoms with E-state index in [0.29, 0.717) is 12.1 Å². The van der Waals surface area contributed by atoms with Crippen LogP contribution in [0.3, 0.4) is 0 Å². The molecule has 0 aromatic heterocycles. The Hall–Kier alpha value is -1.22. The van der Waals surface area contributed by atoms with Crippen LogP contribution in [0.5, 0.6) is 5.75 Å². The van der Waals surface area contributed by atoms with E-state index in [1.807, 2.05) is 0 Å². The second kappa shape index (κ2) is 8.28. The van der Waals surface area contributed by atoms with Crippen molar-refractivity contribution >= 4 is 5.69 Å². The molecule has 2 atom stereocenters. The fourth-order valence-corrected chi connectivity index (χ4v) is 2.77. The Labute approximate surface area is 129 Å². The molecule has 2 rings (SSSR count). The SMILES string of the molecule is CCCCCNC(C)Cc1ccc2c(c1)NCC(CC)O2. The lowest BCUT2D eigenvalue weighted by atomic mass is 10.0. The monoisotopic (exact) mass is 290 g/mol. The minimum atomic E-state index is 0.308. The zero-order valence-corrected chi connectivity index (χ0v) is 13.7. The number of unbranched alkanes of at least 4 members (excludes halogenated alkanes) is 2. The summed E-state index contributed by atoms with van der Waals surface area (Å²) >= 11 is 0. The molecule has 2 unspecified atom stereocenters. The van der Waals surface area contributed by atoms with E-state index in [1.54, 1.807) is 0 Å². The largest absolute Gasteiger partial charge is 0.486 e. The number of fused-ring (bicyclic) bond motifs is 1. The van der Waals surface area contributed by atoms with E-state index in [9.17, 15) is 0 Å². The van der Waals surface area contributed by atoms with E-state index in [2.05, 4.69) is 49.6 Å². The fraction of sp³-hybridized carbons (Fsp3) is 0.667. The van der Waals surface area contributed by atoms with Crippen LogP contribution < -0.4 is 15.4 Å². The Morgan fingerprint density at radius 1 is 1.33 bits per heavy atom. The van der Waals surface area contributed by atoms with E-state index in [-0.39, 0.29) is 0 Å². The molecule has 3 nitrogen and oxygen atoms in total. The van der Waals surface area contributed by atoms with Gasteiger partial charge in [-0.3, -0.25) is 0 Å². The van der Waals surface area contributed by atoms with Gasteiger partial charge in [-0.25, -0.2) is 0 Å². The zero-order chi connectivity index (χ0) is 15.1. The first-order chi connectivity index (χ1) is 10.2. The summed E-state index contributed by atoms with van der Waals surface area (Å²) in [5.41, 5.74) is 2.52. The lowest BCUT2D eigenvalue weighted by Gasteiger charge is -2.27. The van der Waals surface area contributed by atoms with Crippen LogP contribution in [-0.2, 0) is 6.42 Å². The van der Waals surface area contributed by atoms with Crippen molar-refractivity contribution in [3.63, 3.8) is 0 Å². The number of anilines is 1. The van der Waals surface area contributed by atoms with Gasteiger partial charge in [0.05, 0.1) is 12.2 Å². The summed E-state index contributed by atoms with van der Waals surface area (Å²) in [6.07, 6.45) is 6.30. The average Bonchev–Trinajstić information content (AvgIpc) is 2.51. The Morgan fingerprint density at radius 2 is 2.19 bits per heavy atom. The molecule has 1 aliphatic heterocycles.